The lowest BCUT2D eigenvalue weighted by Crippen LogP contribution is -2.49. The highest BCUT2D eigenvalue weighted by Crippen LogP contribution is 2.26. The smallest absolute Gasteiger partial charge is 0.249 e. The van der Waals surface area contributed by atoms with E-state index in [1.54, 1.807) is 0 Å². The van der Waals surface area contributed by atoms with Crippen molar-refractivity contribution in [3.05, 3.63) is 11.1 Å². The van der Waals surface area contributed by atoms with Crippen LogP contribution in [-0.2, 0) is 4.79 Å². The first-order chi connectivity index (χ1) is 7.61. The normalized spacial score (nSPS) is 29.9. The summed E-state index contributed by atoms with van der Waals surface area (Å²) in [6.45, 7) is 9.02. The van der Waals surface area contributed by atoms with E-state index in [0.717, 1.165) is 31.0 Å². The first-order valence-electron chi connectivity index (χ1n) is 5.93. The van der Waals surface area contributed by atoms with Gasteiger partial charge in [-0.15, -0.1) is 0 Å². The van der Waals surface area contributed by atoms with Gasteiger partial charge in [-0.3, -0.25) is 4.79 Å². The van der Waals surface area contributed by atoms with Crippen molar-refractivity contribution in [2.45, 2.75) is 32.1 Å². The van der Waals surface area contributed by atoms with Gasteiger partial charge in [-0.05, 0) is 19.4 Å². The molecule has 90 valence electrons. The number of amides is 1. The Kier molecular flexibility index (Phi) is 3.60. The molecular formula is C12H20N2OS. The van der Waals surface area contributed by atoms with Gasteiger partial charge < -0.3 is 10.2 Å². The van der Waals surface area contributed by atoms with Crippen LogP contribution in [0.3, 0.4) is 0 Å². The standard InChI is InChI=1S/C12H20N2OS/c1-8(11-6-13-7-11)12(15)14-4-5-16-10(3)9(14)2/h9-10,13H,4-7H2,1-3H3. The molecule has 0 aromatic carbocycles. The van der Waals surface area contributed by atoms with Crippen LogP contribution in [0.2, 0.25) is 0 Å². The molecule has 0 bridgehead atoms. The minimum Gasteiger partial charge on any atom is -0.334 e. The van der Waals surface area contributed by atoms with Crippen molar-refractivity contribution in [2.75, 3.05) is 25.4 Å². The van der Waals surface area contributed by atoms with E-state index in [4.69, 9.17) is 0 Å². The van der Waals surface area contributed by atoms with Gasteiger partial charge in [0.05, 0.1) is 0 Å². The predicted octanol–water partition coefficient (Wildman–Crippen LogP) is 1.26. The molecule has 2 aliphatic rings. The average Bonchev–Trinajstić information content (AvgIpc) is 2.18. The van der Waals surface area contributed by atoms with Gasteiger partial charge in [-0.25, -0.2) is 0 Å². The molecular weight excluding hydrogens is 220 g/mol. The lowest BCUT2D eigenvalue weighted by Gasteiger charge is -2.38. The molecule has 2 fully saturated rings. The first kappa shape index (κ1) is 12.0. The number of nitrogens with zero attached hydrogens (tertiary/aromatic N) is 1. The van der Waals surface area contributed by atoms with E-state index in [0.29, 0.717) is 11.3 Å². The summed E-state index contributed by atoms with van der Waals surface area (Å²) >= 11 is 1.96. The van der Waals surface area contributed by atoms with E-state index >= 15 is 0 Å². The molecule has 1 amide bonds. The van der Waals surface area contributed by atoms with Crippen LogP contribution in [0.25, 0.3) is 0 Å². The molecule has 2 heterocycles. The minimum atomic E-state index is 0.246. The van der Waals surface area contributed by atoms with E-state index in [1.165, 1.54) is 5.57 Å². The molecule has 2 unspecified atom stereocenters. The third-order valence-corrected chi connectivity index (χ3v) is 5.01. The number of hydrogen-bond acceptors (Lipinski definition) is 3. The average molecular weight is 240 g/mol. The molecule has 0 saturated carbocycles. The molecule has 0 radical (unpaired) electrons. The highest BCUT2D eigenvalue weighted by molar-refractivity contribution is 8.00. The molecule has 2 saturated heterocycles. The molecule has 0 aromatic heterocycles. The van der Waals surface area contributed by atoms with Crippen LogP contribution in [0.15, 0.2) is 11.1 Å². The summed E-state index contributed by atoms with van der Waals surface area (Å²) in [7, 11) is 0. The zero-order valence-electron chi connectivity index (χ0n) is 10.2. The van der Waals surface area contributed by atoms with Crippen LogP contribution in [0.4, 0.5) is 0 Å². The van der Waals surface area contributed by atoms with Gasteiger partial charge in [0.2, 0.25) is 5.91 Å². The number of carbonyl (C=O) groups excluding carboxylic acids is 1. The molecule has 0 spiro atoms. The lowest BCUT2D eigenvalue weighted by atomic mass is 10.0. The Bertz CT molecular complexity index is 321. The van der Waals surface area contributed by atoms with E-state index in [-0.39, 0.29) is 5.91 Å². The lowest BCUT2D eigenvalue weighted by molar-refractivity contribution is -0.129. The van der Waals surface area contributed by atoms with Crippen LogP contribution in [-0.4, -0.2) is 47.5 Å². The third kappa shape index (κ3) is 2.13. The highest BCUT2D eigenvalue weighted by Gasteiger charge is 2.30. The molecule has 3 nitrogen and oxygen atoms in total. The molecule has 4 heteroatoms. The van der Waals surface area contributed by atoms with Gasteiger partial charge in [-0.2, -0.15) is 11.8 Å². The van der Waals surface area contributed by atoms with Gasteiger partial charge in [-0.1, -0.05) is 6.92 Å². The fourth-order valence-electron chi connectivity index (χ4n) is 2.10. The van der Waals surface area contributed by atoms with Gasteiger partial charge in [0, 0.05) is 42.3 Å². The Morgan fingerprint density at radius 1 is 1.44 bits per heavy atom. The third-order valence-electron chi connectivity index (χ3n) is 3.67. The van der Waals surface area contributed by atoms with Crippen LogP contribution in [0.5, 0.6) is 0 Å². The van der Waals surface area contributed by atoms with Crippen molar-refractivity contribution in [3.8, 4) is 0 Å². The number of carbonyl (C=O) groups is 1. The molecule has 0 aromatic rings. The van der Waals surface area contributed by atoms with Gasteiger partial charge in [0.15, 0.2) is 0 Å². The summed E-state index contributed by atoms with van der Waals surface area (Å²) in [5.41, 5.74) is 2.24. The Morgan fingerprint density at radius 3 is 2.69 bits per heavy atom. The number of hydrogen-bond donors (Lipinski definition) is 1. The summed E-state index contributed by atoms with van der Waals surface area (Å²) in [6, 6.07) is 0.356. The topological polar surface area (TPSA) is 32.3 Å². The zero-order valence-corrected chi connectivity index (χ0v) is 11.1. The fourth-order valence-corrected chi connectivity index (χ4v) is 3.20. The number of nitrogens with one attached hydrogen (secondary N) is 1. The molecule has 1 N–H and O–H groups in total. The van der Waals surface area contributed by atoms with E-state index in [9.17, 15) is 4.79 Å². The second-order valence-electron chi connectivity index (χ2n) is 4.65. The second kappa shape index (κ2) is 4.80. The van der Waals surface area contributed by atoms with Crippen molar-refractivity contribution in [1.82, 2.24) is 10.2 Å². The minimum absolute atomic E-state index is 0.246. The maximum atomic E-state index is 12.3. The first-order valence-corrected chi connectivity index (χ1v) is 6.98. The van der Waals surface area contributed by atoms with Crippen LogP contribution in [0, 0.1) is 0 Å². The molecule has 2 rings (SSSR count). The highest BCUT2D eigenvalue weighted by atomic mass is 32.2. The molecule has 2 aliphatic heterocycles. The van der Waals surface area contributed by atoms with Gasteiger partial charge in [0.1, 0.15) is 0 Å². The number of thioether (sulfide) groups is 1. The SMILES string of the molecule is CC(C(=O)N1CCSC(C)C1C)=C1CNC1. The largest absolute Gasteiger partial charge is 0.334 e. The van der Waals surface area contributed by atoms with Crippen molar-refractivity contribution < 1.29 is 4.79 Å². The quantitative estimate of drug-likeness (QED) is 0.700. The van der Waals surface area contributed by atoms with Crippen molar-refractivity contribution in [1.29, 1.82) is 0 Å². The Balaban J connectivity index is 2.09. The Morgan fingerprint density at radius 2 is 2.12 bits per heavy atom. The van der Waals surface area contributed by atoms with E-state index in [1.807, 2.05) is 23.6 Å². The zero-order chi connectivity index (χ0) is 11.7. The Labute approximate surface area is 102 Å². The molecule has 2 atom stereocenters. The van der Waals surface area contributed by atoms with Crippen LogP contribution in [0.1, 0.15) is 20.8 Å². The Hall–Kier alpha value is -0.480. The fraction of sp³-hybridized carbons (Fsp3) is 0.750. The van der Waals surface area contributed by atoms with Gasteiger partial charge >= 0.3 is 0 Å². The summed E-state index contributed by atoms with van der Waals surface area (Å²) in [4.78, 5) is 14.4. The van der Waals surface area contributed by atoms with Crippen molar-refractivity contribution in [3.63, 3.8) is 0 Å². The van der Waals surface area contributed by atoms with Crippen molar-refractivity contribution >= 4 is 17.7 Å². The summed E-state index contributed by atoms with van der Waals surface area (Å²) in [5, 5.41) is 3.74. The summed E-state index contributed by atoms with van der Waals surface area (Å²) in [6.07, 6.45) is 0. The van der Waals surface area contributed by atoms with Crippen molar-refractivity contribution in [2.24, 2.45) is 0 Å². The van der Waals surface area contributed by atoms with Gasteiger partial charge in [0.25, 0.3) is 0 Å². The van der Waals surface area contributed by atoms with E-state index < -0.39 is 0 Å². The predicted molar refractivity (Wildman–Crippen MR) is 68.7 cm³/mol. The summed E-state index contributed by atoms with van der Waals surface area (Å²) < 4.78 is 0. The maximum Gasteiger partial charge on any atom is 0.249 e. The van der Waals surface area contributed by atoms with E-state index in [2.05, 4.69) is 19.2 Å². The molecule has 0 aliphatic carbocycles. The summed E-state index contributed by atoms with van der Waals surface area (Å²) in [5.74, 6) is 1.31. The van der Waals surface area contributed by atoms with Crippen LogP contribution >= 0.6 is 11.8 Å². The van der Waals surface area contributed by atoms with Crippen LogP contribution < -0.4 is 5.32 Å². The monoisotopic (exact) mass is 240 g/mol. The maximum absolute atomic E-state index is 12.3. The molecule has 16 heavy (non-hydrogen) atoms. The second-order valence-corrected chi connectivity index (χ2v) is 6.13. The number of rotatable bonds is 1.